The van der Waals surface area contributed by atoms with E-state index in [1.807, 2.05) is 13.0 Å². The highest BCUT2D eigenvalue weighted by atomic mass is 16.4. The van der Waals surface area contributed by atoms with Crippen molar-refractivity contribution < 1.29 is 15.0 Å². The molecule has 1 aromatic rings. The van der Waals surface area contributed by atoms with E-state index < -0.39 is 5.97 Å². The second-order valence-corrected chi connectivity index (χ2v) is 7.38. The van der Waals surface area contributed by atoms with Gasteiger partial charge in [0.05, 0.1) is 0 Å². The molecule has 0 heterocycles. The van der Waals surface area contributed by atoms with Gasteiger partial charge < -0.3 is 10.2 Å². The van der Waals surface area contributed by atoms with Crippen molar-refractivity contribution in [3.63, 3.8) is 0 Å². The summed E-state index contributed by atoms with van der Waals surface area (Å²) in [5, 5.41) is 17.7. The monoisotopic (exact) mass is 294 g/mol. The van der Waals surface area contributed by atoms with Crippen LogP contribution in [0.5, 0.6) is 5.75 Å². The third kappa shape index (κ3) is 7.16. The third-order valence-corrected chi connectivity index (χ3v) is 3.13. The topological polar surface area (TPSA) is 57.5 Å². The average molecular weight is 294 g/mol. The molecule has 3 nitrogen and oxygen atoms in total. The lowest BCUT2D eigenvalue weighted by Crippen LogP contribution is -2.16. The number of carboxylic acids is 1. The van der Waals surface area contributed by atoms with Crippen LogP contribution in [0.3, 0.4) is 0 Å². The molecule has 0 fully saturated rings. The molecule has 1 aromatic carbocycles. The van der Waals surface area contributed by atoms with Crippen molar-refractivity contribution in [3.8, 4) is 5.75 Å². The van der Waals surface area contributed by atoms with E-state index in [0.29, 0.717) is 12.2 Å². The molecule has 0 aliphatic carbocycles. The van der Waals surface area contributed by atoms with Gasteiger partial charge in [0.15, 0.2) is 0 Å². The zero-order chi connectivity index (χ0) is 16.8. The van der Waals surface area contributed by atoms with Crippen LogP contribution in [0.4, 0.5) is 0 Å². The maximum atomic E-state index is 9.84. The van der Waals surface area contributed by atoms with E-state index in [-0.39, 0.29) is 10.8 Å². The Hall–Kier alpha value is -1.51. The predicted molar refractivity (Wildman–Crippen MR) is 88.1 cm³/mol. The SMILES string of the molecule is CC(C)(C)c1ccc(O)c(C(C)(C)C)c1.CCCC(=O)O. The molecule has 0 aromatic heterocycles. The van der Waals surface area contributed by atoms with Gasteiger partial charge in [0.25, 0.3) is 0 Å². The van der Waals surface area contributed by atoms with Crippen molar-refractivity contribution in [1.82, 2.24) is 0 Å². The second-order valence-electron chi connectivity index (χ2n) is 7.38. The van der Waals surface area contributed by atoms with Crippen molar-refractivity contribution in [2.75, 3.05) is 0 Å². The Morgan fingerprint density at radius 3 is 1.86 bits per heavy atom. The first kappa shape index (κ1) is 19.5. The largest absolute Gasteiger partial charge is 0.508 e. The maximum absolute atomic E-state index is 9.84. The molecular weight excluding hydrogens is 264 g/mol. The number of hydrogen-bond donors (Lipinski definition) is 2. The fraction of sp³-hybridized carbons (Fsp3) is 0.611. The summed E-state index contributed by atoms with van der Waals surface area (Å²) in [6.45, 7) is 14.8. The third-order valence-electron chi connectivity index (χ3n) is 3.13. The summed E-state index contributed by atoms with van der Waals surface area (Å²) in [7, 11) is 0. The highest BCUT2D eigenvalue weighted by Gasteiger charge is 2.21. The van der Waals surface area contributed by atoms with E-state index in [0.717, 1.165) is 12.0 Å². The molecule has 21 heavy (non-hydrogen) atoms. The summed E-state index contributed by atoms with van der Waals surface area (Å²) in [5.74, 6) is -0.312. The van der Waals surface area contributed by atoms with Gasteiger partial charge in [0.1, 0.15) is 5.75 Å². The molecule has 0 saturated carbocycles. The molecule has 0 atom stereocenters. The Bertz CT molecular complexity index is 462. The van der Waals surface area contributed by atoms with Gasteiger partial charge in [0, 0.05) is 6.42 Å². The Kier molecular flexibility index (Phi) is 6.95. The molecule has 1 rings (SSSR count). The Morgan fingerprint density at radius 2 is 1.57 bits per heavy atom. The van der Waals surface area contributed by atoms with E-state index in [1.54, 1.807) is 6.07 Å². The van der Waals surface area contributed by atoms with Gasteiger partial charge >= 0.3 is 5.97 Å². The van der Waals surface area contributed by atoms with Gasteiger partial charge in [-0.05, 0) is 34.4 Å². The zero-order valence-electron chi connectivity index (χ0n) is 14.4. The summed E-state index contributed by atoms with van der Waals surface area (Å²) in [5.41, 5.74) is 2.42. The number of carbonyl (C=O) groups is 1. The first-order valence-corrected chi connectivity index (χ1v) is 7.45. The molecular formula is C18H30O3. The zero-order valence-corrected chi connectivity index (χ0v) is 14.4. The predicted octanol–water partition coefficient (Wildman–Crippen LogP) is 4.86. The first-order chi connectivity index (χ1) is 9.39. The normalized spacial score (nSPS) is 11.6. The summed E-state index contributed by atoms with van der Waals surface area (Å²) >= 11 is 0. The van der Waals surface area contributed by atoms with E-state index in [4.69, 9.17) is 5.11 Å². The number of aliphatic carboxylic acids is 1. The van der Waals surface area contributed by atoms with Crippen molar-refractivity contribution in [1.29, 1.82) is 0 Å². The van der Waals surface area contributed by atoms with Crippen LogP contribution in [0.1, 0.15) is 72.4 Å². The Morgan fingerprint density at radius 1 is 1.05 bits per heavy atom. The maximum Gasteiger partial charge on any atom is 0.303 e. The fourth-order valence-corrected chi connectivity index (χ4v) is 1.82. The van der Waals surface area contributed by atoms with Crippen molar-refractivity contribution >= 4 is 5.97 Å². The van der Waals surface area contributed by atoms with E-state index in [1.165, 1.54) is 5.56 Å². The number of phenolic OH excluding ortho intramolecular Hbond substituents is 1. The van der Waals surface area contributed by atoms with E-state index in [2.05, 4.69) is 47.6 Å². The Labute approximate surface area is 129 Å². The van der Waals surface area contributed by atoms with Gasteiger partial charge in [-0.1, -0.05) is 60.6 Å². The molecule has 0 radical (unpaired) electrons. The van der Waals surface area contributed by atoms with Gasteiger partial charge in [0.2, 0.25) is 0 Å². The Balaban J connectivity index is 0.000000567. The number of carboxylic acid groups (broad SMARTS) is 1. The van der Waals surface area contributed by atoms with Crippen LogP contribution >= 0.6 is 0 Å². The first-order valence-electron chi connectivity index (χ1n) is 7.45. The number of hydrogen-bond acceptors (Lipinski definition) is 2. The number of rotatable bonds is 2. The van der Waals surface area contributed by atoms with Gasteiger partial charge in [-0.2, -0.15) is 0 Å². The minimum atomic E-state index is -0.711. The molecule has 0 unspecified atom stereocenters. The number of benzene rings is 1. The van der Waals surface area contributed by atoms with Crippen LogP contribution < -0.4 is 0 Å². The fourth-order valence-electron chi connectivity index (χ4n) is 1.82. The van der Waals surface area contributed by atoms with Crippen molar-refractivity contribution in [3.05, 3.63) is 29.3 Å². The lowest BCUT2D eigenvalue weighted by atomic mass is 9.80. The molecule has 0 spiro atoms. The molecule has 0 bridgehead atoms. The van der Waals surface area contributed by atoms with E-state index >= 15 is 0 Å². The van der Waals surface area contributed by atoms with E-state index in [9.17, 15) is 9.90 Å². The van der Waals surface area contributed by atoms with Gasteiger partial charge in [-0.15, -0.1) is 0 Å². The lowest BCUT2D eigenvalue weighted by Gasteiger charge is -2.25. The molecule has 0 amide bonds. The number of phenols is 1. The highest BCUT2D eigenvalue weighted by Crippen LogP contribution is 2.34. The molecule has 0 saturated heterocycles. The van der Waals surface area contributed by atoms with Crippen LogP contribution in [0, 0.1) is 0 Å². The van der Waals surface area contributed by atoms with Crippen LogP contribution in [-0.2, 0) is 15.6 Å². The van der Waals surface area contributed by atoms with Gasteiger partial charge in [-0.25, -0.2) is 0 Å². The summed E-state index contributed by atoms with van der Waals surface area (Å²) in [6, 6.07) is 5.93. The highest BCUT2D eigenvalue weighted by molar-refractivity contribution is 5.66. The minimum absolute atomic E-state index is 0.00859. The summed E-state index contributed by atoms with van der Waals surface area (Å²) < 4.78 is 0. The molecule has 2 N–H and O–H groups in total. The quantitative estimate of drug-likeness (QED) is 0.819. The lowest BCUT2D eigenvalue weighted by molar-refractivity contribution is -0.137. The molecule has 3 heteroatoms. The molecule has 0 aliphatic heterocycles. The van der Waals surface area contributed by atoms with Crippen LogP contribution in [0.25, 0.3) is 0 Å². The smallest absolute Gasteiger partial charge is 0.303 e. The van der Waals surface area contributed by atoms with Crippen LogP contribution in [-0.4, -0.2) is 16.2 Å². The van der Waals surface area contributed by atoms with Gasteiger partial charge in [-0.3, -0.25) is 4.79 Å². The molecule has 0 aliphatic rings. The second kappa shape index (κ2) is 7.48. The van der Waals surface area contributed by atoms with Crippen molar-refractivity contribution in [2.24, 2.45) is 0 Å². The van der Waals surface area contributed by atoms with Crippen LogP contribution in [0.15, 0.2) is 18.2 Å². The molecule has 120 valence electrons. The standard InChI is InChI=1S/C14H22O.C4H8O2/c1-13(2,3)10-7-8-12(15)11(9-10)14(4,5)6;1-2-3-4(5)6/h7-9,15H,1-6H3;2-3H2,1H3,(H,5,6). The summed E-state index contributed by atoms with van der Waals surface area (Å²) in [6.07, 6.45) is 1.02. The minimum Gasteiger partial charge on any atom is -0.508 e. The average Bonchev–Trinajstić information content (AvgIpc) is 2.26. The van der Waals surface area contributed by atoms with Crippen molar-refractivity contribution in [2.45, 2.75) is 72.1 Å². The summed E-state index contributed by atoms with van der Waals surface area (Å²) in [4.78, 5) is 9.60. The van der Waals surface area contributed by atoms with Crippen LogP contribution in [0.2, 0.25) is 0 Å². The number of aromatic hydroxyl groups is 1.